The van der Waals surface area contributed by atoms with E-state index in [4.69, 9.17) is 0 Å². The van der Waals surface area contributed by atoms with Crippen LogP contribution in [-0.2, 0) is 0 Å². The van der Waals surface area contributed by atoms with Crippen molar-refractivity contribution in [2.45, 2.75) is 32.7 Å². The average molecular weight is 314 g/mol. The van der Waals surface area contributed by atoms with Crippen LogP contribution in [0.4, 0.5) is 0 Å². The van der Waals surface area contributed by atoms with E-state index in [0.717, 1.165) is 0 Å². The number of hydrogen-bond acceptors (Lipinski definition) is 0. The van der Waals surface area contributed by atoms with E-state index in [-0.39, 0.29) is 0 Å². The summed E-state index contributed by atoms with van der Waals surface area (Å²) in [6.45, 7) is 12.8. The van der Waals surface area contributed by atoms with Gasteiger partial charge >= 0.3 is 0 Å². The summed E-state index contributed by atoms with van der Waals surface area (Å²) in [6, 6.07) is 22.8. The molecule has 2 aromatic carbocycles. The monoisotopic (exact) mass is 313 g/mol. The van der Waals surface area contributed by atoms with Gasteiger partial charge in [-0.15, -0.1) is 0 Å². The molecule has 0 amide bonds. The Morgan fingerprint density at radius 1 is 0.650 bits per heavy atom. The zero-order valence-electron chi connectivity index (χ0n) is 13.3. The second-order valence-electron chi connectivity index (χ2n) is 6.73. The van der Waals surface area contributed by atoms with Gasteiger partial charge in [-0.25, -0.2) is 0 Å². The van der Waals surface area contributed by atoms with Gasteiger partial charge in [0, 0.05) is 15.9 Å². The molecule has 2 rings (SSSR count). The predicted octanol–water partition coefficient (Wildman–Crippen LogP) is 3.50. The molecule has 0 nitrogen and oxygen atoms in total. The first-order valence-corrected chi connectivity index (χ1v) is 17.3. The molecule has 3 heteroatoms. The first kappa shape index (κ1) is 15.5. The van der Waals surface area contributed by atoms with Crippen LogP contribution in [0.15, 0.2) is 60.7 Å². The zero-order chi connectivity index (χ0) is 14.8. The van der Waals surface area contributed by atoms with Gasteiger partial charge in [0.25, 0.3) is 0 Å². The molecule has 0 aromatic heterocycles. The van der Waals surface area contributed by atoms with Crippen LogP contribution in [0.25, 0.3) is 0 Å². The van der Waals surface area contributed by atoms with Crippen molar-refractivity contribution in [1.29, 1.82) is 0 Å². The number of benzene rings is 2. The van der Waals surface area contributed by atoms with Crippen LogP contribution in [0.3, 0.4) is 0 Å². The van der Waals surface area contributed by atoms with Gasteiger partial charge in [0.05, 0.1) is 0 Å². The fraction of sp³-hybridized carbons (Fsp3) is 0.294. The van der Waals surface area contributed by atoms with Gasteiger partial charge in [0.15, 0.2) is 0 Å². The van der Waals surface area contributed by atoms with E-state index in [1.807, 2.05) is 0 Å². The third-order valence-electron chi connectivity index (χ3n) is 4.29. The summed E-state index contributed by atoms with van der Waals surface area (Å²) in [5, 5.41) is 3.31. The molecular weight excluding hydrogens is 288 g/mol. The molecule has 0 bridgehead atoms. The predicted molar refractivity (Wildman–Crippen MR) is 98.7 cm³/mol. The van der Waals surface area contributed by atoms with E-state index in [1.165, 1.54) is 0 Å². The molecule has 0 spiro atoms. The fourth-order valence-electron chi connectivity index (χ4n) is 3.74. The Balaban J connectivity index is 2.78. The summed E-state index contributed by atoms with van der Waals surface area (Å²) >= 11 is 0. The van der Waals surface area contributed by atoms with E-state index >= 15 is 0 Å². The van der Waals surface area contributed by atoms with Crippen molar-refractivity contribution in [1.82, 2.24) is 0 Å². The molecule has 0 atom stereocenters. The zero-order valence-corrected chi connectivity index (χ0v) is 16.3. The van der Waals surface area contributed by atoms with Crippen molar-refractivity contribution in [3.63, 3.8) is 0 Å². The summed E-state index contributed by atoms with van der Waals surface area (Å²) in [5.41, 5.74) is 0. The Kier molecular flexibility index (Phi) is 4.52. The Labute approximate surface area is 127 Å². The first-order chi connectivity index (χ1) is 9.40. The van der Waals surface area contributed by atoms with E-state index < -0.39 is 23.0 Å². The quantitative estimate of drug-likeness (QED) is 0.758. The maximum Gasteiger partial charge on any atom is 0.101 e. The molecule has 0 heterocycles. The summed E-state index contributed by atoms with van der Waals surface area (Å²) < 4.78 is 0. The summed E-state index contributed by atoms with van der Waals surface area (Å²) in [7, 11) is -3.28. The Morgan fingerprint density at radius 2 is 1.00 bits per heavy atom. The molecule has 105 valence electrons. The summed E-state index contributed by atoms with van der Waals surface area (Å²) in [5.74, 6) is 0. The number of hydrogen-bond donors (Lipinski definition) is 0. The average Bonchev–Trinajstić information content (AvgIpc) is 2.40. The highest BCUT2D eigenvalue weighted by atomic mass is 29.6. The minimum atomic E-state index is -1.59. The van der Waals surface area contributed by atoms with Crippen LogP contribution < -0.4 is 10.4 Å². The third-order valence-corrected chi connectivity index (χ3v) is 36.4. The highest BCUT2D eigenvalue weighted by molar-refractivity contribution is 7.72. The standard InChI is InChI=1S/C17H25Si3/c1-18(2)20(19(3,4)5,16-12-8-6-9-13-16)17-14-10-7-11-15-17/h6-15H,1-5H3. The van der Waals surface area contributed by atoms with Gasteiger partial charge in [-0.1, -0.05) is 104 Å². The molecule has 0 fully saturated rings. The van der Waals surface area contributed by atoms with Crippen molar-refractivity contribution < 1.29 is 0 Å². The molecular formula is C17H25Si3. The fourth-order valence-corrected chi connectivity index (χ4v) is 38.5. The van der Waals surface area contributed by atoms with Crippen LogP contribution in [0.2, 0.25) is 32.7 Å². The highest BCUT2D eigenvalue weighted by Gasteiger charge is 2.51. The third kappa shape index (κ3) is 2.50. The lowest BCUT2D eigenvalue weighted by atomic mass is 10.4. The topological polar surface area (TPSA) is 0 Å². The van der Waals surface area contributed by atoms with Crippen molar-refractivity contribution in [3.8, 4) is 0 Å². The van der Waals surface area contributed by atoms with Crippen molar-refractivity contribution in [2.24, 2.45) is 0 Å². The van der Waals surface area contributed by atoms with E-state index in [1.54, 1.807) is 10.4 Å². The van der Waals surface area contributed by atoms with Crippen LogP contribution in [0.5, 0.6) is 0 Å². The van der Waals surface area contributed by atoms with Crippen molar-refractivity contribution >= 4 is 33.4 Å². The second kappa shape index (κ2) is 5.84. The molecule has 0 saturated heterocycles. The molecule has 0 aliphatic carbocycles. The van der Waals surface area contributed by atoms with Gasteiger partial charge in [0.1, 0.15) is 7.11 Å². The van der Waals surface area contributed by atoms with Crippen LogP contribution in [0.1, 0.15) is 0 Å². The van der Waals surface area contributed by atoms with Crippen LogP contribution >= 0.6 is 0 Å². The molecule has 1 radical (unpaired) electrons. The van der Waals surface area contributed by atoms with Crippen molar-refractivity contribution in [2.75, 3.05) is 0 Å². The molecule has 0 N–H and O–H groups in total. The molecule has 0 unspecified atom stereocenters. The molecule has 2 aromatic rings. The lowest BCUT2D eigenvalue weighted by Gasteiger charge is -2.45. The van der Waals surface area contributed by atoms with Crippen LogP contribution in [0, 0.1) is 0 Å². The summed E-state index contributed by atoms with van der Waals surface area (Å²) in [6.07, 6.45) is 0. The molecule has 0 aliphatic heterocycles. The molecule has 0 saturated carbocycles. The van der Waals surface area contributed by atoms with Gasteiger partial charge in [-0.3, -0.25) is 0 Å². The summed E-state index contributed by atoms with van der Waals surface area (Å²) in [4.78, 5) is 0. The van der Waals surface area contributed by atoms with Gasteiger partial charge in [0.2, 0.25) is 0 Å². The maximum absolute atomic E-state index is 2.58. The van der Waals surface area contributed by atoms with Crippen molar-refractivity contribution in [3.05, 3.63) is 60.7 Å². The Morgan fingerprint density at radius 3 is 1.25 bits per heavy atom. The van der Waals surface area contributed by atoms with Gasteiger partial charge in [-0.05, 0) is 0 Å². The van der Waals surface area contributed by atoms with E-state index in [9.17, 15) is 0 Å². The Bertz CT molecular complexity index is 502. The normalized spacial score (nSPS) is 12.7. The SMILES string of the molecule is C[Si](C)[Si](c1ccccc1)(c1ccccc1)[Si](C)(C)C. The number of rotatable bonds is 4. The largest absolute Gasteiger partial charge is 0.101 e. The smallest absolute Gasteiger partial charge is 0.0729 e. The lowest BCUT2D eigenvalue weighted by Crippen LogP contribution is -2.79. The van der Waals surface area contributed by atoms with Gasteiger partial charge < -0.3 is 0 Å². The lowest BCUT2D eigenvalue weighted by molar-refractivity contribution is 1.70. The van der Waals surface area contributed by atoms with Crippen LogP contribution in [-0.4, -0.2) is 23.0 Å². The first-order valence-electron chi connectivity index (χ1n) is 7.32. The highest BCUT2D eigenvalue weighted by Crippen LogP contribution is 2.22. The van der Waals surface area contributed by atoms with Gasteiger partial charge in [-0.2, -0.15) is 0 Å². The minimum Gasteiger partial charge on any atom is -0.0729 e. The maximum atomic E-state index is 2.58. The molecule has 0 aliphatic rings. The van der Waals surface area contributed by atoms with E-state index in [0.29, 0.717) is 0 Å². The minimum absolute atomic E-state index is 0.394. The molecule has 20 heavy (non-hydrogen) atoms. The Hall–Kier alpha value is -0.909. The van der Waals surface area contributed by atoms with E-state index in [2.05, 4.69) is 93.4 Å². The second-order valence-corrected chi connectivity index (χ2v) is 29.4.